The first kappa shape index (κ1) is 11.8. The van der Waals surface area contributed by atoms with E-state index in [4.69, 9.17) is 0 Å². The van der Waals surface area contributed by atoms with Crippen molar-refractivity contribution in [3.05, 3.63) is 32.9 Å². The highest BCUT2D eigenvalue weighted by Gasteiger charge is 2.27. The minimum absolute atomic E-state index is 0.0183. The van der Waals surface area contributed by atoms with Crippen LogP contribution in [0.5, 0.6) is 0 Å². The van der Waals surface area contributed by atoms with Gasteiger partial charge >= 0.3 is 0 Å². The normalized spacial score (nSPS) is 17.7. The van der Waals surface area contributed by atoms with Gasteiger partial charge in [0.25, 0.3) is 5.56 Å². The van der Waals surface area contributed by atoms with Crippen LogP contribution in [-0.4, -0.2) is 14.5 Å². The lowest BCUT2D eigenvalue weighted by Gasteiger charge is -2.31. The highest BCUT2D eigenvalue weighted by Crippen LogP contribution is 2.29. The number of pyridine rings is 1. The zero-order valence-corrected chi connectivity index (χ0v) is 12.0. The molecule has 0 atom stereocenters. The number of fused-ring (bicyclic) bond motifs is 2. The Hall–Kier alpha value is -1.23. The first-order chi connectivity index (χ1) is 8.46. The van der Waals surface area contributed by atoms with Crippen molar-refractivity contribution in [3.8, 4) is 0 Å². The Morgan fingerprint density at radius 2 is 2.22 bits per heavy atom. The highest BCUT2D eigenvalue weighted by molar-refractivity contribution is 9.10. The number of aryl methyl sites for hydroxylation is 1. The summed E-state index contributed by atoms with van der Waals surface area (Å²) in [4.78, 5) is 21.2. The Labute approximate surface area is 113 Å². The number of nitrogens with zero attached hydrogens (tertiary/aromatic N) is 3. The average molecular weight is 308 g/mol. The van der Waals surface area contributed by atoms with Crippen LogP contribution >= 0.6 is 15.9 Å². The van der Waals surface area contributed by atoms with Gasteiger partial charge in [0.05, 0.1) is 5.52 Å². The molecule has 2 aromatic heterocycles. The van der Waals surface area contributed by atoms with Gasteiger partial charge in [0.1, 0.15) is 5.82 Å². The van der Waals surface area contributed by atoms with Gasteiger partial charge < -0.3 is 0 Å². The van der Waals surface area contributed by atoms with Gasteiger partial charge in [-0.3, -0.25) is 9.36 Å². The first-order valence-electron chi connectivity index (χ1n) is 6.01. The van der Waals surface area contributed by atoms with Crippen LogP contribution in [-0.2, 0) is 13.0 Å². The van der Waals surface area contributed by atoms with Gasteiger partial charge in [-0.25, -0.2) is 9.97 Å². The molecule has 0 unspecified atom stereocenters. The SMILES string of the molecule is CC1(C)CCc2nc3cc(Br)cnc3c(=O)n2C1. The lowest BCUT2D eigenvalue weighted by Crippen LogP contribution is -2.36. The van der Waals surface area contributed by atoms with E-state index in [1.165, 1.54) is 0 Å². The van der Waals surface area contributed by atoms with Crippen molar-refractivity contribution in [1.82, 2.24) is 14.5 Å². The third-order valence-corrected chi connectivity index (χ3v) is 3.89. The van der Waals surface area contributed by atoms with Crippen molar-refractivity contribution in [2.24, 2.45) is 5.41 Å². The van der Waals surface area contributed by atoms with Gasteiger partial charge in [0.15, 0.2) is 5.52 Å². The molecule has 2 aromatic rings. The van der Waals surface area contributed by atoms with Gasteiger partial charge in [-0.1, -0.05) is 13.8 Å². The molecule has 5 heteroatoms. The average Bonchev–Trinajstić information content (AvgIpc) is 2.30. The molecule has 94 valence electrons. The van der Waals surface area contributed by atoms with E-state index in [1.54, 1.807) is 10.8 Å². The smallest absolute Gasteiger partial charge is 0.280 e. The van der Waals surface area contributed by atoms with Gasteiger partial charge in [0.2, 0.25) is 0 Å². The molecule has 18 heavy (non-hydrogen) atoms. The fourth-order valence-electron chi connectivity index (χ4n) is 2.43. The summed E-state index contributed by atoms with van der Waals surface area (Å²) in [6.07, 6.45) is 3.56. The molecule has 0 saturated carbocycles. The third kappa shape index (κ3) is 1.86. The highest BCUT2D eigenvalue weighted by atomic mass is 79.9. The fourth-order valence-corrected chi connectivity index (χ4v) is 2.75. The van der Waals surface area contributed by atoms with Crippen molar-refractivity contribution >= 4 is 27.0 Å². The maximum absolute atomic E-state index is 12.4. The second kappa shape index (κ2) is 3.88. The molecular formula is C13H14BrN3O. The maximum atomic E-state index is 12.4. The number of hydrogen-bond donors (Lipinski definition) is 0. The predicted octanol–water partition coefficient (Wildman–Crippen LogP) is 2.53. The molecule has 3 heterocycles. The van der Waals surface area contributed by atoms with E-state index in [0.29, 0.717) is 11.0 Å². The van der Waals surface area contributed by atoms with Crippen molar-refractivity contribution in [1.29, 1.82) is 0 Å². The second-order valence-electron chi connectivity index (χ2n) is 5.60. The van der Waals surface area contributed by atoms with Crippen LogP contribution in [0.25, 0.3) is 11.0 Å². The fraction of sp³-hybridized carbons (Fsp3) is 0.462. The van der Waals surface area contributed by atoms with Crippen molar-refractivity contribution < 1.29 is 0 Å². The number of hydrogen-bond acceptors (Lipinski definition) is 3. The molecule has 0 radical (unpaired) electrons. The Bertz CT molecular complexity index is 690. The quantitative estimate of drug-likeness (QED) is 0.751. The van der Waals surface area contributed by atoms with Crippen molar-refractivity contribution in [2.45, 2.75) is 33.2 Å². The topological polar surface area (TPSA) is 47.8 Å². The van der Waals surface area contributed by atoms with E-state index in [-0.39, 0.29) is 11.0 Å². The monoisotopic (exact) mass is 307 g/mol. The van der Waals surface area contributed by atoms with E-state index < -0.39 is 0 Å². The zero-order valence-electron chi connectivity index (χ0n) is 10.4. The molecule has 1 aliphatic heterocycles. The van der Waals surface area contributed by atoms with E-state index in [9.17, 15) is 4.79 Å². The summed E-state index contributed by atoms with van der Waals surface area (Å²) in [6, 6.07) is 1.85. The number of halogens is 1. The maximum Gasteiger partial charge on any atom is 0.280 e. The summed E-state index contributed by atoms with van der Waals surface area (Å²) in [7, 11) is 0. The Kier molecular flexibility index (Phi) is 2.55. The molecule has 0 saturated heterocycles. The van der Waals surface area contributed by atoms with Gasteiger partial charge in [-0.2, -0.15) is 0 Å². The predicted molar refractivity (Wildman–Crippen MR) is 73.6 cm³/mol. The van der Waals surface area contributed by atoms with Crippen molar-refractivity contribution in [3.63, 3.8) is 0 Å². The summed E-state index contributed by atoms with van der Waals surface area (Å²) >= 11 is 3.36. The molecule has 3 rings (SSSR count). The summed E-state index contributed by atoms with van der Waals surface area (Å²) in [5.74, 6) is 0.881. The summed E-state index contributed by atoms with van der Waals surface area (Å²) in [5, 5.41) is 0. The molecule has 1 aliphatic rings. The van der Waals surface area contributed by atoms with E-state index in [1.807, 2.05) is 6.07 Å². The third-order valence-electron chi connectivity index (χ3n) is 3.45. The minimum Gasteiger partial charge on any atom is -0.294 e. The van der Waals surface area contributed by atoms with E-state index >= 15 is 0 Å². The summed E-state index contributed by atoms with van der Waals surface area (Å²) in [6.45, 7) is 5.09. The van der Waals surface area contributed by atoms with Crippen molar-refractivity contribution in [2.75, 3.05) is 0 Å². The van der Waals surface area contributed by atoms with Crippen LogP contribution in [0.3, 0.4) is 0 Å². The van der Waals surface area contributed by atoms with Crippen LogP contribution in [0.4, 0.5) is 0 Å². The molecule has 0 bridgehead atoms. The second-order valence-corrected chi connectivity index (χ2v) is 6.52. The Morgan fingerprint density at radius 1 is 1.44 bits per heavy atom. The van der Waals surface area contributed by atoms with Gasteiger partial charge in [-0.15, -0.1) is 0 Å². The molecular weight excluding hydrogens is 294 g/mol. The van der Waals surface area contributed by atoms with E-state index in [2.05, 4.69) is 39.7 Å². The molecule has 0 spiro atoms. The first-order valence-corrected chi connectivity index (χ1v) is 6.81. The minimum atomic E-state index is -0.0183. The van der Waals surface area contributed by atoms with Crippen LogP contribution in [0, 0.1) is 5.41 Å². The van der Waals surface area contributed by atoms with E-state index in [0.717, 1.165) is 29.7 Å². The molecule has 0 amide bonds. The molecule has 0 fully saturated rings. The van der Waals surface area contributed by atoms with Crippen LogP contribution in [0.2, 0.25) is 0 Å². The van der Waals surface area contributed by atoms with Crippen LogP contribution in [0.15, 0.2) is 21.5 Å². The standard InChI is InChI=1S/C13H14BrN3O/c1-13(2)4-3-10-16-9-5-8(14)6-15-11(9)12(18)17(10)7-13/h5-6H,3-4,7H2,1-2H3. The van der Waals surface area contributed by atoms with Gasteiger partial charge in [-0.05, 0) is 33.8 Å². The Balaban J connectivity index is 2.30. The summed E-state index contributed by atoms with van der Waals surface area (Å²) < 4.78 is 2.63. The molecule has 4 nitrogen and oxygen atoms in total. The van der Waals surface area contributed by atoms with Crippen LogP contribution in [0.1, 0.15) is 26.1 Å². The lowest BCUT2D eigenvalue weighted by molar-refractivity contribution is 0.240. The van der Waals surface area contributed by atoms with Gasteiger partial charge in [0, 0.05) is 23.6 Å². The molecule has 0 aromatic carbocycles. The number of aromatic nitrogens is 3. The summed E-state index contributed by atoms with van der Waals surface area (Å²) in [5.41, 5.74) is 1.27. The number of rotatable bonds is 0. The zero-order chi connectivity index (χ0) is 12.9. The lowest BCUT2D eigenvalue weighted by atomic mass is 9.85. The molecule has 0 aliphatic carbocycles. The van der Waals surface area contributed by atoms with Crippen LogP contribution < -0.4 is 5.56 Å². The largest absolute Gasteiger partial charge is 0.294 e. The molecule has 0 N–H and O–H groups in total. The Morgan fingerprint density at radius 3 is 3.00 bits per heavy atom.